The first-order valence-electron chi connectivity index (χ1n) is 7.43. The van der Waals surface area contributed by atoms with E-state index in [0.717, 1.165) is 32.4 Å². The van der Waals surface area contributed by atoms with Crippen molar-refractivity contribution < 1.29 is 8.42 Å². The first kappa shape index (κ1) is 16.9. The normalized spacial score (nSPS) is 22.9. The molecule has 1 aliphatic rings. The highest BCUT2D eigenvalue weighted by Gasteiger charge is 2.25. The van der Waals surface area contributed by atoms with Crippen molar-refractivity contribution in [3.63, 3.8) is 0 Å². The molecule has 0 radical (unpaired) electrons. The van der Waals surface area contributed by atoms with Crippen LogP contribution in [0.25, 0.3) is 0 Å². The summed E-state index contributed by atoms with van der Waals surface area (Å²) in [6, 6.07) is 0.456. The Kier molecular flexibility index (Phi) is 6.27. The van der Waals surface area contributed by atoms with E-state index < -0.39 is 9.84 Å². The average Bonchev–Trinajstić information content (AvgIpc) is 2.44. The molecule has 4 nitrogen and oxygen atoms in total. The van der Waals surface area contributed by atoms with Crippen LogP contribution in [0, 0.1) is 0 Å². The van der Waals surface area contributed by atoms with E-state index in [2.05, 4.69) is 37.9 Å². The van der Waals surface area contributed by atoms with Crippen molar-refractivity contribution >= 4 is 9.84 Å². The standard InChI is InChI=1S/C14H30N2O2S/c1-5-7-13(12-15-14(2,3)4)16-8-6-10-19(17,18)11-9-16/h13,15H,5-12H2,1-4H3. The number of nitrogens with one attached hydrogen (secondary N) is 1. The summed E-state index contributed by atoms with van der Waals surface area (Å²) in [4.78, 5) is 2.37. The van der Waals surface area contributed by atoms with Crippen LogP contribution in [0.4, 0.5) is 0 Å². The van der Waals surface area contributed by atoms with Gasteiger partial charge in [-0.05, 0) is 40.2 Å². The van der Waals surface area contributed by atoms with E-state index in [4.69, 9.17) is 0 Å². The Morgan fingerprint density at radius 1 is 1.21 bits per heavy atom. The highest BCUT2D eigenvalue weighted by molar-refractivity contribution is 7.91. The maximum Gasteiger partial charge on any atom is 0.151 e. The van der Waals surface area contributed by atoms with Gasteiger partial charge in [0.15, 0.2) is 9.84 Å². The molecule has 1 unspecified atom stereocenters. The van der Waals surface area contributed by atoms with Gasteiger partial charge in [0.25, 0.3) is 0 Å². The summed E-state index contributed by atoms with van der Waals surface area (Å²) in [5.74, 6) is 0.678. The third kappa shape index (κ3) is 6.72. The lowest BCUT2D eigenvalue weighted by Gasteiger charge is -2.33. The zero-order valence-corrected chi connectivity index (χ0v) is 13.7. The largest absolute Gasteiger partial charge is 0.311 e. The number of hydrogen-bond donors (Lipinski definition) is 1. The van der Waals surface area contributed by atoms with Gasteiger partial charge in [0, 0.05) is 24.7 Å². The molecule has 0 saturated carbocycles. The van der Waals surface area contributed by atoms with Crippen molar-refractivity contribution in [2.24, 2.45) is 0 Å². The highest BCUT2D eigenvalue weighted by atomic mass is 32.2. The minimum atomic E-state index is -2.81. The molecule has 1 aliphatic heterocycles. The third-order valence-electron chi connectivity index (χ3n) is 3.60. The van der Waals surface area contributed by atoms with Gasteiger partial charge in [-0.25, -0.2) is 8.42 Å². The predicted molar refractivity (Wildman–Crippen MR) is 81.3 cm³/mol. The fourth-order valence-electron chi connectivity index (χ4n) is 2.49. The van der Waals surface area contributed by atoms with Gasteiger partial charge in [0.2, 0.25) is 0 Å². The van der Waals surface area contributed by atoms with Crippen LogP contribution in [0.5, 0.6) is 0 Å². The molecule has 0 aromatic rings. The summed E-state index contributed by atoms with van der Waals surface area (Å²) in [6.07, 6.45) is 3.04. The maximum atomic E-state index is 11.7. The molecule has 114 valence electrons. The SMILES string of the molecule is CCCC(CNC(C)(C)C)N1CCCS(=O)(=O)CC1. The zero-order chi connectivity index (χ0) is 14.5. The molecule has 1 atom stereocenters. The second kappa shape index (κ2) is 7.04. The molecule has 5 heteroatoms. The lowest BCUT2D eigenvalue weighted by molar-refractivity contribution is 0.184. The van der Waals surface area contributed by atoms with Crippen molar-refractivity contribution in [2.45, 2.75) is 58.5 Å². The second-order valence-electron chi connectivity index (χ2n) is 6.61. The monoisotopic (exact) mass is 290 g/mol. The maximum absolute atomic E-state index is 11.7. The molecule has 1 saturated heterocycles. The molecule has 1 rings (SSSR count). The summed E-state index contributed by atoms with van der Waals surface area (Å²) in [6.45, 7) is 11.2. The van der Waals surface area contributed by atoms with E-state index >= 15 is 0 Å². The smallest absolute Gasteiger partial charge is 0.151 e. The van der Waals surface area contributed by atoms with Gasteiger partial charge in [-0.15, -0.1) is 0 Å². The lowest BCUT2D eigenvalue weighted by atomic mass is 10.1. The third-order valence-corrected chi connectivity index (χ3v) is 5.31. The molecule has 1 heterocycles. The van der Waals surface area contributed by atoms with Crippen LogP contribution in [-0.4, -0.2) is 56.0 Å². The van der Waals surface area contributed by atoms with Crippen LogP contribution >= 0.6 is 0 Å². The number of rotatable bonds is 5. The van der Waals surface area contributed by atoms with E-state index in [1.807, 2.05) is 0 Å². The summed E-state index contributed by atoms with van der Waals surface area (Å²) < 4.78 is 23.3. The van der Waals surface area contributed by atoms with Gasteiger partial charge in [-0.2, -0.15) is 0 Å². The second-order valence-corrected chi connectivity index (χ2v) is 8.92. The molecule has 19 heavy (non-hydrogen) atoms. The van der Waals surface area contributed by atoms with Crippen molar-refractivity contribution in [1.29, 1.82) is 0 Å². The molecule has 0 bridgehead atoms. The number of hydrogen-bond acceptors (Lipinski definition) is 4. The Balaban J connectivity index is 2.60. The summed E-state index contributed by atoms with van der Waals surface area (Å²) in [7, 11) is -2.81. The molecule has 1 N–H and O–H groups in total. The summed E-state index contributed by atoms with van der Waals surface area (Å²) >= 11 is 0. The van der Waals surface area contributed by atoms with Crippen LogP contribution in [0.3, 0.4) is 0 Å². The van der Waals surface area contributed by atoms with Gasteiger partial charge in [-0.1, -0.05) is 13.3 Å². The number of sulfone groups is 1. The molecule has 0 spiro atoms. The van der Waals surface area contributed by atoms with Crippen LogP contribution < -0.4 is 5.32 Å². The van der Waals surface area contributed by atoms with Crippen molar-refractivity contribution in [1.82, 2.24) is 10.2 Å². The van der Waals surface area contributed by atoms with E-state index in [0.29, 0.717) is 24.1 Å². The molecule has 1 fully saturated rings. The van der Waals surface area contributed by atoms with Crippen molar-refractivity contribution in [2.75, 3.05) is 31.1 Å². The molecule has 0 aromatic heterocycles. The molecular formula is C14H30N2O2S. The molecule has 0 aromatic carbocycles. The number of nitrogens with zero attached hydrogens (tertiary/aromatic N) is 1. The van der Waals surface area contributed by atoms with Gasteiger partial charge in [0.05, 0.1) is 11.5 Å². The minimum Gasteiger partial charge on any atom is -0.311 e. The highest BCUT2D eigenvalue weighted by Crippen LogP contribution is 2.13. The van der Waals surface area contributed by atoms with Crippen LogP contribution in [-0.2, 0) is 9.84 Å². The Hall–Kier alpha value is -0.130. The molecule has 0 aliphatic carbocycles. The van der Waals surface area contributed by atoms with E-state index in [9.17, 15) is 8.42 Å². The van der Waals surface area contributed by atoms with E-state index in [1.54, 1.807) is 0 Å². The van der Waals surface area contributed by atoms with Gasteiger partial charge < -0.3 is 5.32 Å². The minimum absolute atomic E-state index is 0.115. The van der Waals surface area contributed by atoms with Crippen LogP contribution in [0.2, 0.25) is 0 Å². The molecular weight excluding hydrogens is 260 g/mol. The Morgan fingerprint density at radius 3 is 2.47 bits per heavy atom. The van der Waals surface area contributed by atoms with E-state index in [1.165, 1.54) is 0 Å². The summed E-state index contributed by atoms with van der Waals surface area (Å²) in [5, 5.41) is 3.55. The average molecular weight is 290 g/mol. The summed E-state index contributed by atoms with van der Waals surface area (Å²) in [5.41, 5.74) is 0.115. The van der Waals surface area contributed by atoms with Gasteiger partial charge in [-0.3, -0.25) is 4.90 Å². The quantitative estimate of drug-likeness (QED) is 0.837. The predicted octanol–water partition coefficient (Wildman–Crippen LogP) is 1.66. The fourth-order valence-corrected chi connectivity index (χ4v) is 3.78. The first-order valence-corrected chi connectivity index (χ1v) is 9.25. The Labute approximate surface area is 118 Å². The van der Waals surface area contributed by atoms with Crippen LogP contribution in [0.1, 0.15) is 47.0 Å². The van der Waals surface area contributed by atoms with Crippen molar-refractivity contribution in [3.8, 4) is 0 Å². The van der Waals surface area contributed by atoms with Gasteiger partial charge in [0.1, 0.15) is 0 Å². The van der Waals surface area contributed by atoms with E-state index in [-0.39, 0.29) is 5.54 Å². The Bertz CT molecular complexity index is 360. The Morgan fingerprint density at radius 2 is 1.89 bits per heavy atom. The first-order chi connectivity index (χ1) is 8.73. The van der Waals surface area contributed by atoms with Crippen molar-refractivity contribution in [3.05, 3.63) is 0 Å². The van der Waals surface area contributed by atoms with Gasteiger partial charge >= 0.3 is 0 Å². The zero-order valence-electron chi connectivity index (χ0n) is 12.9. The van der Waals surface area contributed by atoms with Crippen LogP contribution in [0.15, 0.2) is 0 Å². The molecule has 0 amide bonds. The lowest BCUT2D eigenvalue weighted by Crippen LogP contribution is -2.48. The topological polar surface area (TPSA) is 49.4 Å². The fraction of sp³-hybridized carbons (Fsp3) is 1.00.